The molecule has 0 saturated heterocycles. The fourth-order valence-corrected chi connectivity index (χ4v) is 4.22. The molecule has 1 unspecified atom stereocenters. The zero-order valence-corrected chi connectivity index (χ0v) is 13.0. The number of benzene rings is 1. The van der Waals surface area contributed by atoms with Crippen molar-refractivity contribution in [1.82, 2.24) is 5.32 Å². The van der Waals surface area contributed by atoms with Gasteiger partial charge in [0.05, 0.1) is 0 Å². The summed E-state index contributed by atoms with van der Waals surface area (Å²) in [6.07, 6.45) is 11.1. The summed E-state index contributed by atoms with van der Waals surface area (Å²) < 4.78 is 0. The van der Waals surface area contributed by atoms with E-state index < -0.39 is 0 Å². The van der Waals surface area contributed by atoms with E-state index in [0.29, 0.717) is 0 Å². The summed E-state index contributed by atoms with van der Waals surface area (Å²) in [5, 5.41) is 3.60. The third-order valence-corrected chi connectivity index (χ3v) is 5.38. The van der Waals surface area contributed by atoms with Gasteiger partial charge < -0.3 is 5.32 Å². The van der Waals surface area contributed by atoms with E-state index in [0.717, 1.165) is 18.4 Å². The van der Waals surface area contributed by atoms with Crippen LogP contribution in [0.4, 0.5) is 0 Å². The summed E-state index contributed by atoms with van der Waals surface area (Å²) in [6, 6.07) is 7.31. The second kappa shape index (κ2) is 6.76. The molecule has 3 rings (SSSR count). The lowest BCUT2D eigenvalue weighted by Gasteiger charge is -2.24. The van der Waals surface area contributed by atoms with Crippen LogP contribution in [0.15, 0.2) is 18.2 Å². The molecule has 20 heavy (non-hydrogen) atoms. The number of rotatable bonds is 6. The lowest BCUT2D eigenvalue weighted by molar-refractivity contribution is 0.323. The first-order chi connectivity index (χ1) is 9.86. The van der Waals surface area contributed by atoms with Gasteiger partial charge in [0.2, 0.25) is 0 Å². The zero-order valence-electron chi connectivity index (χ0n) is 13.0. The first-order valence-electron chi connectivity index (χ1n) is 8.68. The minimum atomic E-state index is 0.844. The molecule has 1 aromatic rings. The first kappa shape index (κ1) is 14.1. The van der Waals surface area contributed by atoms with E-state index >= 15 is 0 Å². The Morgan fingerprint density at radius 3 is 2.70 bits per heavy atom. The van der Waals surface area contributed by atoms with Crippen LogP contribution in [-0.2, 0) is 19.3 Å². The minimum absolute atomic E-state index is 0.844. The molecular formula is C19H29N. The molecule has 0 heterocycles. The van der Waals surface area contributed by atoms with E-state index in [4.69, 9.17) is 0 Å². The van der Waals surface area contributed by atoms with Gasteiger partial charge in [-0.1, -0.05) is 50.8 Å². The molecule has 1 nitrogen and oxygen atoms in total. The molecule has 1 atom stereocenters. The average Bonchev–Trinajstić information content (AvgIpc) is 3.13. The maximum Gasteiger partial charge on any atom is -0.00148 e. The van der Waals surface area contributed by atoms with Crippen molar-refractivity contribution in [1.29, 1.82) is 0 Å². The number of hydrogen-bond donors (Lipinski definition) is 1. The van der Waals surface area contributed by atoms with E-state index in [1.807, 2.05) is 0 Å². The van der Waals surface area contributed by atoms with Crippen LogP contribution in [0.2, 0.25) is 0 Å². The van der Waals surface area contributed by atoms with E-state index in [1.54, 1.807) is 16.7 Å². The zero-order chi connectivity index (χ0) is 13.8. The highest BCUT2D eigenvalue weighted by Gasteiger charge is 2.25. The standard InChI is InChI=1S/C19H29N/c1-2-20-14-19(16-6-3-4-7-16)13-15-10-11-17-8-5-9-18(17)12-15/h10-12,16,19-20H,2-9,13-14H2,1H3. The molecule has 1 saturated carbocycles. The fourth-order valence-electron chi connectivity index (χ4n) is 4.22. The Labute approximate surface area is 124 Å². The van der Waals surface area contributed by atoms with Gasteiger partial charge in [0.1, 0.15) is 0 Å². The number of nitrogens with one attached hydrogen (secondary N) is 1. The Morgan fingerprint density at radius 2 is 1.90 bits per heavy atom. The average molecular weight is 271 g/mol. The monoisotopic (exact) mass is 271 g/mol. The summed E-state index contributed by atoms with van der Waals surface area (Å²) in [5.41, 5.74) is 4.83. The molecule has 1 N–H and O–H groups in total. The van der Waals surface area contributed by atoms with E-state index in [9.17, 15) is 0 Å². The lowest BCUT2D eigenvalue weighted by atomic mass is 9.85. The predicted molar refractivity (Wildman–Crippen MR) is 86.2 cm³/mol. The van der Waals surface area contributed by atoms with Crippen molar-refractivity contribution in [2.75, 3.05) is 13.1 Å². The van der Waals surface area contributed by atoms with E-state index in [2.05, 4.69) is 30.4 Å². The molecular weight excluding hydrogens is 242 g/mol. The Balaban J connectivity index is 1.68. The topological polar surface area (TPSA) is 12.0 Å². The molecule has 0 amide bonds. The molecule has 1 aromatic carbocycles. The normalized spacial score (nSPS) is 20.2. The molecule has 0 aliphatic heterocycles. The fraction of sp³-hybridized carbons (Fsp3) is 0.684. The maximum atomic E-state index is 3.60. The van der Waals surface area contributed by atoms with Crippen LogP contribution in [0.25, 0.3) is 0 Å². The number of aryl methyl sites for hydroxylation is 2. The van der Waals surface area contributed by atoms with Crippen molar-refractivity contribution in [3.63, 3.8) is 0 Å². The largest absolute Gasteiger partial charge is 0.317 e. The predicted octanol–water partition coefficient (Wildman–Crippen LogP) is 4.13. The summed E-state index contributed by atoms with van der Waals surface area (Å²) >= 11 is 0. The third kappa shape index (κ3) is 3.25. The second-order valence-corrected chi connectivity index (χ2v) is 6.77. The van der Waals surface area contributed by atoms with E-state index in [-0.39, 0.29) is 0 Å². The van der Waals surface area contributed by atoms with Crippen LogP contribution < -0.4 is 5.32 Å². The highest BCUT2D eigenvalue weighted by atomic mass is 14.8. The molecule has 2 aliphatic carbocycles. The van der Waals surface area contributed by atoms with Crippen molar-refractivity contribution in [2.45, 2.75) is 58.3 Å². The molecule has 110 valence electrons. The van der Waals surface area contributed by atoms with Gasteiger partial charge in [-0.15, -0.1) is 0 Å². The van der Waals surface area contributed by atoms with Crippen LogP contribution in [0, 0.1) is 11.8 Å². The number of fused-ring (bicyclic) bond motifs is 1. The van der Waals surface area contributed by atoms with Crippen LogP contribution >= 0.6 is 0 Å². The lowest BCUT2D eigenvalue weighted by Crippen LogP contribution is -2.28. The van der Waals surface area contributed by atoms with Gasteiger partial charge in [-0.2, -0.15) is 0 Å². The van der Waals surface area contributed by atoms with Gasteiger partial charge in [0, 0.05) is 0 Å². The SMILES string of the molecule is CCNCC(Cc1ccc2c(c1)CCC2)C1CCCC1. The Bertz CT molecular complexity index is 431. The van der Waals surface area contributed by atoms with Gasteiger partial charge in [-0.05, 0) is 67.3 Å². The van der Waals surface area contributed by atoms with E-state index in [1.165, 1.54) is 57.9 Å². The van der Waals surface area contributed by atoms with Crippen LogP contribution in [0.3, 0.4) is 0 Å². The Kier molecular flexibility index (Phi) is 4.77. The molecule has 0 bridgehead atoms. The Morgan fingerprint density at radius 1 is 1.10 bits per heavy atom. The highest BCUT2D eigenvalue weighted by Crippen LogP contribution is 2.33. The van der Waals surface area contributed by atoms with Crippen molar-refractivity contribution in [3.05, 3.63) is 34.9 Å². The quantitative estimate of drug-likeness (QED) is 0.820. The molecule has 0 aromatic heterocycles. The van der Waals surface area contributed by atoms with Crippen molar-refractivity contribution < 1.29 is 0 Å². The molecule has 0 radical (unpaired) electrons. The summed E-state index contributed by atoms with van der Waals surface area (Å²) in [7, 11) is 0. The minimum Gasteiger partial charge on any atom is -0.317 e. The van der Waals surface area contributed by atoms with Gasteiger partial charge >= 0.3 is 0 Å². The summed E-state index contributed by atoms with van der Waals surface area (Å²) in [4.78, 5) is 0. The maximum absolute atomic E-state index is 3.60. The summed E-state index contributed by atoms with van der Waals surface area (Å²) in [6.45, 7) is 4.53. The number of hydrogen-bond acceptors (Lipinski definition) is 1. The van der Waals surface area contributed by atoms with Crippen LogP contribution in [0.5, 0.6) is 0 Å². The van der Waals surface area contributed by atoms with Crippen molar-refractivity contribution in [3.8, 4) is 0 Å². The van der Waals surface area contributed by atoms with Gasteiger partial charge in [0.25, 0.3) is 0 Å². The third-order valence-electron chi connectivity index (χ3n) is 5.38. The molecule has 2 aliphatic rings. The molecule has 0 spiro atoms. The Hall–Kier alpha value is -0.820. The molecule has 1 fully saturated rings. The highest BCUT2D eigenvalue weighted by molar-refractivity contribution is 5.35. The van der Waals surface area contributed by atoms with Crippen molar-refractivity contribution >= 4 is 0 Å². The van der Waals surface area contributed by atoms with Crippen molar-refractivity contribution in [2.24, 2.45) is 11.8 Å². The van der Waals surface area contributed by atoms with Crippen LogP contribution in [-0.4, -0.2) is 13.1 Å². The van der Waals surface area contributed by atoms with Gasteiger partial charge in [0.15, 0.2) is 0 Å². The summed E-state index contributed by atoms with van der Waals surface area (Å²) in [5.74, 6) is 1.80. The first-order valence-corrected chi connectivity index (χ1v) is 8.68. The van der Waals surface area contributed by atoms with Gasteiger partial charge in [-0.25, -0.2) is 0 Å². The molecule has 1 heteroatoms. The van der Waals surface area contributed by atoms with Gasteiger partial charge in [-0.3, -0.25) is 0 Å². The second-order valence-electron chi connectivity index (χ2n) is 6.77. The smallest absolute Gasteiger partial charge is 0.00148 e. The van der Waals surface area contributed by atoms with Crippen LogP contribution in [0.1, 0.15) is 55.7 Å².